The van der Waals surface area contributed by atoms with Crippen molar-refractivity contribution in [3.05, 3.63) is 65.0 Å². The molecule has 4 heterocycles. The number of nitriles is 1. The molecule has 0 saturated carbocycles. The number of morpholine rings is 1. The lowest BCUT2D eigenvalue weighted by Gasteiger charge is -2.39. The molecule has 4 aliphatic rings. The van der Waals surface area contributed by atoms with Crippen molar-refractivity contribution in [3.63, 3.8) is 0 Å². The molecule has 4 aliphatic heterocycles. The summed E-state index contributed by atoms with van der Waals surface area (Å²) in [6.07, 6.45) is -3.49. The second-order valence-electron chi connectivity index (χ2n) is 15.7. The van der Waals surface area contributed by atoms with Gasteiger partial charge in [0, 0.05) is 44.2 Å². The van der Waals surface area contributed by atoms with Gasteiger partial charge in [0.2, 0.25) is 29.5 Å². The normalized spacial score (nSPS) is 27.8. The van der Waals surface area contributed by atoms with E-state index in [1.165, 1.54) is 23.6 Å². The van der Waals surface area contributed by atoms with Gasteiger partial charge in [-0.1, -0.05) is 6.92 Å². The number of hydrogen-bond donors (Lipinski definition) is 5. The van der Waals surface area contributed by atoms with Gasteiger partial charge in [-0.15, -0.1) is 0 Å². The zero-order valence-electron chi connectivity index (χ0n) is 33.4. The van der Waals surface area contributed by atoms with Crippen LogP contribution in [0.1, 0.15) is 44.7 Å². The highest BCUT2D eigenvalue weighted by molar-refractivity contribution is 5.99. The van der Waals surface area contributed by atoms with Crippen LogP contribution in [-0.4, -0.2) is 143 Å². The standard InChI is InChI=1S/C40H45F3N8O10/c1-19-8-31-39(58)61-21(3)33(48-34(53)29(11-22-9-24(41)13-25(42)10-22)47-40(59)46-26-4-5-28(43)23(12-26)15-44)38(57)51-17-27(52)14-30(51)37(56)49-6-7-60-18-32(49)35(54)45-20(2)36(55)50(31)16-19/h4-5,9-10,12-13,19-21,27,29-33,52H,6-8,11,14,16-18H2,1-3H3,(H,45,54)(H,48,53)(H2,46,47,59)/t19-,20+,21+,27-,29+,30+,31+,32+,33+/m1/s1. The van der Waals surface area contributed by atoms with Crippen molar-refractivity contribution in [2.24, 2.45) is 5.92 Å². The number of ether oxygens (including phenoxy) is 2. The molecule has 0 aliphatic carbocycles. The molecule has 18 nitrogen and oxygen atoms in total. The SMILES string of the molecule is C[C@@H]1C[C@H]2C(=O)O[C@@H](C)[C@H](NC(=O)[C@H](Cc3cc(F)cc(F)c3)NC(=O)Nc3ccc(F)c(C#N)c3)C(=O)N3C[C@H](O)C[C@H]3C(=O)N3CCOC[C@H]3C(=O)N[C@@H](C)C(=O)N2C1. The van der Waals surface area contributed by atoms with Gasteiger partial charge in [0.25, 0.3) is 0 Å². The zero-order chi connectivity index (χ0) is 44.3. The van der Waals surface area contributed by atoms with Crippen molar-refractivity contribution in [3.8, 4) is 6.07 Å². The highest BCUT2D eigenvalue weighted by atomic mass is 19.1. The third kappa shape index (κ3) is 10.0. The number of carbonyl (C=O) groups is 7. The number of anilines is 1. The lowest BCUT2D eigenvalue weighted by molar-refractivity contribution is -0.164. The minimum Gasteiger partial charge on any atom is -0.458 e. The first kappa shape index (κ1) is 44.3. The van der Waals surface area contributed by atoms with Crippen LogP contribution in [0, 0.1) is 34.7 Å². The molecule has 0 unspecified atom stereocenters. The molecule has 0 bridgehead atoms. The highest BCUT2D eigenvalue weighted by Gasteiger charge is 2.49. The Balaban J connectivity index is 1.36. The van der Waals surface area contributed by atoms with Gasteiger partial charge < -0.3 is 50.5 Å². The van der Waals surface area contributed by atoms with Crippen LogP contribution in [-0.2, 0) is 44.7 Å². The van der Waals surface area contributed by atoms with Crippen LogP contribution in [0.2, 0.25) is 0 Å². The molecule has 0 spiro atoms. The molecular formula is C40H45F3N8O10. The summed E-state index contributed by atoms with van der Waals surface area (Å²) in [5.41, 5.74) is -0.581. The first-order valence-electron chi connectivity index (χ1n) is 19.6. The average Bonchev–Trinajstić information content (AvgIpc) is 3.81. The number of aliphatic hydroxyl groups is 1. The van der Waals surface area contributed by atoms with Crippen LogP contribution < -0.4 is 21.3 Å². The minimum absolute atomic E-state index is 0.0318. The van der Waals surface area contributed by atoms with E-state index < -0.39 is 126 Å². The summed E-state index contributed by atoms with van der Waals surface area (Å²) >= 11 is 0. The predicted octanol–water partition coefficient (Wildman–Crippen LogP) is 0.0694. The van der Waals surface area contributed by atoms with Crippen molar-refractivity contribution in [1.29, 1.82) is 5.26 Å². The molecule has 6 rings (SSSR count). The Labute approximate surface area is 347 Å². The lowest BCUT2D eigenvalue weighted by atomic mass is 10.0. The molecule has 4 fully saturated rings. The number of benzene rings is 2. The Bertz CT molecular complexity index is 2120. The van der Waals surface area contributed by atoms with Gasteiger partial charge in [-0.25, -0.2) is 22.8 Å². The largest absolute Gasteiger partial charge is 0.458 e. The Morgan fingerprint density at radius 1 is 0.918 bits per heavy atom. The summed E-state index contributed by atoms with van der Waals surface area (Å²) in [5.74, 6) is -8.27. The maximum absolute atomic E-state index is 14.7. The summed E-state index contributed by atoms with van der Waals surface area (Å²) < 4.78 is 54.0. The number of nitrogens with zero attached hydrogens (tertiary/aromatic N) is 4. The molecule has 326 valence electrons. The van der Waals surface area contributed by atoms with Gasteiger partial charge in [0.1, 0.15) is 65.9 Å². The lowest BCUT2D eigenvalue weighted by Crippen LogP contribution is -2.64. The molecule has 61 heavy (non-hydrogen) atoms. The van der Waals surface area contributed by atoms with Crippen molar-refractivity contribution < 1.29 is 61.3 Å². The molecule has 0 aromatic heterocycles. The quantitative estimate of drug-likeness (QED) is 0.244. The summed E-state index contributed by atoms with van der Waals surface area (Å²) in [4.78, 5) is 101. The van der Waals surface area contributed by atoms with Gasteiger partial charge in [0.05, 0.1) is 24.9 Å². The van der Waals surface area contributed by atoms with Gasteiger partial charge >= 0.3 is 12.0 Å². The van der Waals surface area contributed by atoms with Crippen molar-refractivity contribution in [2.45, 2.75) is 88.5 Å². The number of carbonyl (C=O) groups excluding carboxylic acids is 7. The molecule has 2 aromatic carbocycles. The number of aliphatic hydroxyl groups excluding tert-OH is 1. The minimum atomic E-state index is -1.84. The van der Waals surface area contributed by atoms with Gasteiger partial charge in [-0.3, -0.25) is 24.0 Å². The summed E-state index contributed by atoms with van der Waals surface area (Å²) in [7, 11) is 0. The first-order chi connectivity index (χ1) is 28.9. The van der Waals surface area contributed by atoms with Crippen molar-refractivity contribution in [1.82, 2.24) is 30.7 Å². The number of amides is 7. The van der Waals surface area contributed by atoms with E-state index in [2.05, 4.69) is 21.3 Å². The number of halogens is 3. The van der Waals surface area contributed by atoms with Crippen LogP contribution in [0.3, 0.4) is 0 Å². The molecule has 21 heteroatoms. The third-order valence-electron chi connectivity index (χ3n) is 11.0. The van der Waals surface area contributed by atoms with E-state index in [0.717, 1.165) is 35.2 Å². The molecule has 7 amide bonds. The van der Waals surface area contributed by atoms with E-state index in [9.17, 15) is 57.1 Å². The second kappa shape index (κ2) is 18.6. The van der Waals surface area contributed by atoms with E-state index in [1.54, 1.807) is 13.0 Å². The fourth-order valence-electron chi connectivity index (χ4n) is 8.03. The molecule has 4 saturated heterocycles. The van der Waals surface area contributed by atoms with Crippen LogP contribution in [0.15, 0.2) is 36.4 Å². The molecule has 0 radical (unpaired) electrons. The molecule has 2 aromatic rings. The number of urea groups is 1. The van der Waals surface area contributed by atoms with E-state index in [0.29, 0.717) is 6.07 Å². The van der Waals surface area contributed by atoms with Crippen LogP contribution in [0.5, 0.6) is 0 Å². The Morgan fingerprint density at radius 2 is 1.62 bits per heavy atom. The van der Waals surface area contributed by atoms with E-state index in [-0.39, 0.29) is 56.3 Å². The van der Waals surface area contributed by atoms with E-state index >= 15 is 0 Å². The second-order valence-corrected chi connectivity index (χ2v) is 15.7. The highest BCUT2D eigenvalue weighted by Crippen LogP contribution is 2.28. The maximum Gasteiger partial charge on any atom is 0.329 e. The van der Waals surface area contributed by atoms with Crippen LogP contribution >= 0.6 is 0 Å². The van der Waals surface area contributed by atoms with E-state index in [4.69, 9.17) is 9.47 Å². The van der Waals surface area contributed by atoms with Gasteiger partial charge in [0.15, 0.2) is 0 Å². The average molecular weight is 855 g/mol. The fraction of sp³-hybridized carbons (Fsp3) is 0.500. The van der Waals surface area contributed by atoms with Crippen molar-refractivity contribution in [2.75, 3.05) is 38.2 Å². The van der Waals surface area contributed by atoms with E-state index in [1.807, 2.05) is 0 Å². The molecular weight excluding hydrogens is 809 g/mol. The number of rotatable bonds is 6. The number of fused-ring (bicyclic) bond motifs is 3. The number of hydrogen-bond acceptors (Lipinski definition) is 11. The molecule has 5 N–H and O–H groups in total. The third-order valence-corrected chi connectivity index (χ3v) is 11.0. The van der Waals surface area contributed by atoms with Crippen LogP contribution in [0.4, 0.5) is 23.7 Å². The topological polar surface area (TPSA) is 240 Å². The number of esters is 1. The van der Waals surface area contributed by atoms with Gasteiger partial charge in [-0.2, -0.15) is 5.26 Å². The Hall–Kier alpha value is -6.27. The Kier molecular flexibility index (Phi) is 13.5. The maximum atomic E-state index is 14.7. The fourth-order valence-corrected chi connectivity index (χ4v) is 8.03. The monoisotopic (exact) mass is 854 g/mol. The number of nitrogens with one attached hydrogen (secondary N) is 4. The molecule has 9 atom stereocenters. The predicted molar refractivity (Wildman–Crippen MR) is 204 cm³/mol. The Morgan fingerprint density at radius 3 is 2.33 bits per heavy atom. The van der Waals surface area contributed by atoms with Crippen LogP contribution in [0.25, 0.3) is 0 Å². The van der Waals surface area contributed by atoms with Crippen molar-refractivity contribution >= 4 is 47.2 Å². The summed E-state index contributed by atoms with van der Waals surface area (Å²) in [6, 6.07) is -2.53. The first-order valence-corrected chi connectivity index (χ1v) is 19.6. The smallest absolute Gasteiger partial charge is 0.329 e. The number of cyclic esters (lactones) is 1. The summed E-state index contributed by atoms with van der Waals surface area (Å²) in [6.45, 7) is 3.90. The van der Waals surface area contributed by atoms with Gasteiger partial charge in [-0.05, 0) is 62.1 Å². The summed E-state index contributed by atoms with van der Waals surface area (Å²) in [5, 5.41) is 29.9. The zero-order valence-corrected chi connectivity index (χ0v) is 33.4.